The molecule has 7 rings (SSSR count). The van der Waals surface area contributed by atoms with Gasteiger partial charge in [-0.05, 0) is 43.2 Å². The van der Waals surface area contributed by atoms with Gasteiger partial charge in [0, 0.05) is 30.6 Å². The fraction of sp³-hybridized carbons (Fsp3) is 0.389. The highest BCUT2D eigenvalue weighted by Crippen LogP contribution is 2.43. The smallest absolute Gasteiger partial charge is 0.293 e. The van der Waals surface area contributed by atoms with E-state index in [0.29, 0.717) is 60.3 Å². The van der Waals surface area contributed by atoms with E-state index in [1.54, 1.807) is 17.0 Å². The van der Waals surface area contributed by atoms with Crippen LogP contribution >= 0.6 is 0 Å². The number of nitrogens with zero attached hydrogens (tertiary/aromatic N) is 5. The number of aromatic nitrogens is 5. The number of benzene rings is 2. The number of rotatable bonds is 14. The molecule has 0 unspecified atom stereocenters. The molecule has 3 aromatic heterocycles. The molecular weight excluding hydrogens is 640 g/mol. The summed E-state index contributed by atoms with van der Waals surface area (Å²) in [5.41, 5.74) is 10.1. The van der Waals surface area contributed by atoms with Crippen LogP contribution < -0.4 is 16.4 Å². The van der Waals surface area contributed by atoms with Crippen LogP contribution in [0.15, 0.2) is 77.6 Å². The van der Waals surface area contributed by atoms with Crippen LogP contribution in [0.2, 0.25) is 0 Å². The maximum atomic E-state index is 11.8. The first kappa shape index (κ1) is 33.2. The molecule has 0 spiro atoms. The Kier molecular flexibility index (Phi) is 9.98. The van der Waals surface area contributed by atoms with Gasteiger partial charge in [0.05, 0.1) is 12.0 Å². The molecule has 0 radical (unpaired) electrons. The minimum Gasteiger partial charge on any atom is -0.457 e. The fourth-order valence-electron chi connectivity index (χ4n) is 6.88. The second kappa shape index (κ2) is 15.0. The van der Waals surface area contributed by atoms with Crippen molar-refractivity contribution < 1.29 is 28.3 Å². The van der Waals surface area contributed by atoms with Gasteiger partial charge >= 0.3 is 0 Å². The maximum absolute atomic E-state index is 11.8. The molecule has 50 heavy (non-hydrogen) atoms. The second-order valence-electron chi connectivity index (χ2n) is 12.6. The van der Waals surface area contributed by atoms with Crippen LogP contribution in [-0.2, 0) is 30.2 Å². The minimum atomic E-state index is -1.06. The second-order valence-corrected chi connectivity index (χ2v) is 12.6. The lowest BCUT2D eigenvalue weighted by molar-refractivity contribution is -0.151. The number of nitrogens with one attached hydrogen (secondary N) is 2. The highest BCUT2D eigenvalue weighted by Gasteiger charge is 2.52. The maximum Gasteiger partial charge on any atom is 0.293 e. The molecule has 4 N–H and O–H groups in total. The summed E-state index contributed by atoms with van der Waals surface area (Å²) >= 11 is 0. The van der Waals surface area contributed by atoms with E-state index in [1.807, 2.05) is 43.3 Å². The van der Waals surface area contributed by atoms with Crippen LogP contribution in [0.3, 0.4) is 0 Å². The van der Waals surface area contributed by atoms with Crippen molar-refractivity contribution in [3.05, 3.63) is 95.6 Å². The minimum absolute atomic E-state index is 0.0150. The number of fused-ring (bicyclic) bond motifs is 1. The van der Waals surface area contributed by atoms with Crippen LogP contribution in [0, 0.1) is 0 Å². The van der Waals surface area contributed by atoms with Crippen molar-refractivity contribution in [3.63, 3.8) is 0 Å². The highest BCUT2D eigenvalue weighted by molar-refractivity contribution is 5.84. The Labute approximate surface area is 288 Å². The first-order valence-electron chi connectivity index (χ1n) is 17.0. The highest BCUT2D eigenvalue weighted by atomic mass is 16.6. The molecule has 4 atom stereocenters. The summed E-state index contributed by atoms with van der Waals surface area (Å²) in [7, 11) is 0. The van der Waals surface area contributed by atoms with Crippen LogP contribution in [0.4, 0.5) is 11.8 Å². The molecule has 0 amide bonds. The summed E-state index contributed by atoms with van der Waals surface area (Å²) in [5, 5.41) is 11.2. The van der Waals surface area contributed by atoms with Gasteiger partial charge < -0.3 is 35.1 Å². The average Bonchev–Trinajstić information content (AvgIpc) is 3.88. The number of ether oxygens (including phenoxy) is 3. The molecule has 1 saturated carbocycles. The van der Waals surface area contributed by atoms with E-state index in [1.165, 1.54) is 0 Å². The summed E-state index contributed by atoms with van der Waals surface area (Å²) in [6.07, 6.45) is 1.78. The number of nitrogens with two attached hydrogens (primary N) is 1. The molecule has 1 saturated heterocycles. The van der Waals surface area contributed by atoms with Crippen molar-refractivity contribution in [1.82, 2.24) is 24.7 Å². The van der Waals surface area contributed by atoms with Gasteiger partial charge in [-0.25, -0.2) is 4.98 Å². The number of anilines is 2. The Bertz CT molecular complexity index is 1840. The van der Waals surface area contributed by atoms with Crippen LogP contribution in [0.1, 0.15) is 73.4 Å². The van der Waals surface area contributed by atoms with Crippen molar-refractivity contribution >= 4 is 35.9 Å². The lowest BCUT2D eigenvalue weighted by Crippen LogP contribution is -2.34. The number of carbonyl (C=O) groups is 2. The van der Waals surface area contributed by atoms with Gasteiger partial charge in [-0.2, -0.15) is 9.97 Å². The molecule has 2 aromatic carbocycles. The summed E-state index contributed by atoms with van der Waals surface area (Å²) in [6.45, 7) is 3.06. The summed E-state index contributed by atoms with van der Waals surface area (Å²) in [4.78, 5) is 38.0. The van der Waals surface area contributed by atoms with Crippen molar-refractivity contribution in [2.45, 2.75) is 81.6 Å². The summed E-state index contributed by atoms with van der Waals surface area (Å²) < 4.78 is 24.6. The van der Waals surface area contributed by atoms with Crippen LogP contribution in [0.25, 0.3) is 11.2 Å². The summed E-state index contributed by atoms with van der Waals surface area (Å²) in [5.74, 6) is 1.28. The largest absolute Gasteiger partial charge is 0.457 e. The molecular formula is C36H40N8O6. The summed E-state index contributed by atoms with van der Waals surface area (Å²) in [6, 6.07) is 22.6. The van der Waals surface area contributed by atoms with E-state index in [2.05, 4.69) is 40.1 Å². The molecule has 0 bridgehead atoms. The number of hydrogen-bond acceptors (Lipinski definition) is 13. The Balaban J connectivity index is 1.27. The topological polar surface area (TPSA) is 182 Å². The lowest BCUT2D eigenvalue weighted by atomic mass is 9.91. The number of carbonyl (C=O) groups excluding carboxylic acids is 2. The zero-order chi connectivity index (χ0) is 34.5. The average molecular weight is 681 g/mol. The molecule has 1 aliphatic carbocycles. The predicted molar refractivity (Wildman–Crippen MR) is 183 cm³/mol. The van der Waals surface area contributed by atoms with Crippen molar-refractivity contribution in [2.24, 2.45) is 5.73 Å². The SMILES string of the molecule is CCc1cc([C@H]2O[C@@H](n3cnc4c(NCC(c5ccccc5)c5ccccc5)nc(NC5CCC(N)CC5)nc43)[C@H](OC=O)[C@H]2OC=O)on1. The Morgan fingerprint density at radius 3 is 2.28 bits per heavy atom. The van der Waals surface area contributed by atoms with E-state index in [9.17, 15) is 9.59 Å². The number of hydrogen-bond donors (Lipinski definition) is 3. The molecule has 14 heteroatoms. The van der Waals surface area contributed by atoms with Crippen molar-refractivity contribution in [2.75, 3.05) is 17.2 Å². The van der Waals surface area contributed by atoms with Crippen LogP contribution in [0.5, 0.6) is 0 Å². The Hall–Kier alpha value is -5.34. The predicted octanol–water partition coefficient (Wildman–Crippen LogP) is 4.66. The van der Waals surface area contributed by atoms with Gasteiger partial charge in [-0.1, -0.05) is 72.7 Å². The monoisotopic (exact) mass is 680 g/mol. The zero-order valence-corrected chi connectivity index (χ0v) is 27.6. The van der Waals surface area contributed by atoms with E-state index in [4.69, 9.17) is 39.4 Å². The van der Waals surface area contributed by atoms with Gasteiger partial charge in [-0.15, -0.1) is 0 Å². The number of aryl methyl sites for hydroxylation is 1. The molecule has 4 heterocycles. The van der Waals surface area contributed by atoms with Gasteiger partial charge in [0.25, 0.3) is 12.9 Å². The molecule has 260 valence electrons. The first-order chi connectivity index (χ1) is 24.6. The van der Waals surface area contributed by atoms with Crippen molar-refractivity contribution in [1.29, 1.82) is 0 Å². The third-order valence-corrected chi connectivity index (χ3v) is 9.51. The zero-order valence-electron chi connectivity index (χ0n) is 27.6. The third kappa shape index (κ3) is 6.89. The molecule has 2 fully saturated rings. The first-order valence-corrected chi connectivity index (χ1v) is 17.0. The van der Waals surface area contributed by atoms with Crippen molar-refractivity contribution in [3.8, 4) is 0 Å². The van der Waals surface area contributed by atoms with Gasteiger partial charge in [0.15, 0.2) is 47.3 Å². The van der Waals surface area contributed by atoms with Gasteiger partial charge in [0.2, 0.25) is 5.95 Å². The molecule has 1 aliphatic heterocycles. The van der Waals surface area contributed by atoms with E-state index < -0.39 is 24.5 Å². The van der Waals surface area contributed by atoms with Crippen LogP contribution in [-0.4, -0.2) is 68.5 Å². The van der Waals surface area contributed by atoms with E-state index in [0.717, 1.165) is 36.8 Å². The van der Waals surface area contributed by atoms with Gasteiger partial charge in [-0.3, -0.25) is 14.2 Å². The molecule has 2 aliphatic rings. The number of imidazole rings is 1. The normalized spacial score (nSPS) is 23.5. The molecule has 14 nitrogen and oxygen atoms in total. The third-order valence-electron chi connectivity index (χ3n) is 9.51. The van der Waals surface area contributed by atoms with E-state index in [-0.39, 0.29) is 18.0 Å². The Morgan fingerprint density at radius 1 is 0.960 bits per heavy atom. The fourth-order valence-corrected chi connectivity index (χ4v) is 6.88. The standard InChI is InChI=1S/C36H40N8O6/c1-2-25-17-28(50-43-25)30-31(47-20-45)32(48-21-46)35(49-30)44-19-39-29-33(41-36(42-34(29)44)40-26-15-13-24(37)14-16-26)38-18-27(22-9-5-3-6-10-22)23-11-7-4-8-12-23/h3-12,17,19-21,24,26-27,30-32,35H,2,13-16,18,37H2,1H3,(H2,38,40,41,42)/t24?,26?,30-,31+,32-,35-/m1/s1. The lowest BCUT2D eigenvalue weighted by Gasteiger charge is -2.27. The quantitative estimate of drug-likeness (QED) is 0.138. The Morgan fingerprint density at radius 2 is 1.64 bits per heavy atom. The van der Waals surface area contributed by atoms with E-state index >= 15 is 0 Å². The van der Waals surface area contributed by atoms with Gasteiger partial charge in [0.1, 0.15) is 0 Å². The molecule has 5 aromatic rings.